The summed E-state index contributed by atoms with van der Waals surface area (Å²) in [5.74, 6) is 0. The van der Waals surface area contributed by atoms with Crippen molar-refractivity contribution in [2.75, 3.05) is 24.9 Å². The first kappa shape index (κ1) is 13.3. The van der Waals surface area contributed by atoms with Gasteiger partial charge in [0.25, 0.3) is 0 Å². The lowest BCUT2D eigenvalue weighted by Gasteiger charge is -2.39. The Balaban J connectivity index is 2.57. The summed E-state index contributed by atoms with van der Waals surface area (Å²) in [5.41, 5.74) is 0.235. The zero-order chi connectivity index (χ0) is 13.6. The number of hydrogen-bond donors (Lipinski definition) is 1. The number of benzene rings is 1. The molecule has 1 unspecified atom stereocenters. The van der Waals surface area contributed by atoms with Gasteiger partial charge in [-0.25, -0.2) is 0 Å². The molecule has 1 aliphatic rings. The van der Waals surface area contributed by atoms with Crippen molar-refractivity contribution >= 4 is 15.9 Å². The molecule has 0 bridgehead atoms. The first-order chi connectivity index (χ1) is 8.27. The van der Waals surface area contributed by atoms with Gasteiger partial charge in [0.05, 0.1) is 11.3 Å². The molecule has 0 aliphatic carbocycles. The van der Waals surface area contributed by atoms with Gasteiger partial charge in [0.15, 0.2) is 0 Å². The Morgan fingerprint density at radius 2 is 1.94 bits per heavy atom. The monoisotopic (exact) mass is 270 g/mol. The molecule has 1 N–H and O–H groups in total. The quantitative estimate of drug-likeness (QED) is 0.869. The van der Waals surface area contributed by atoms with Gasteiger partial charge in [0.1, 0.15) is 0 Å². The SMILES string of the molecule is CN(C)S(=O)(=O)N1CCC(C)(O)c2ccccc21. The number of nitrogens with zero attached hydrogens (tertiary/aromatic N) is 2. The van der Waals surface area contributed by atoms with Crippen LogP contribution in [0.3, 0.4) is 0 Å². The second-order valence-electron chi connectivity index (χ2n) is 4.90. The Kier molecular flexibility index (Phi) is 3.12. The highest BCUT2D eigenvalue weighted by Gasteiger charge is 2.38. The summed E-state index contributed by atoms with van der Waals surface area (Å²) >= 11 is 0. The third kappa shape index (κ3) is 2.00. The minimum absolute atomic E-state index is 0.282. The van der Waals surface area contributed by atoms with Crippen molar-refractivity contribution in [1.29, 1.82) is 0 Å². The molecule has 0 aromatic heterocycles. The van der Waals surface area contributed by atoms with Gasteiger partial charge in [-0.1, -0.05) is 18.2 Å². The first-order valence-corrected chi connectivity index (χ1v) is 7.18. The Labute approximate surface area is 108 Å². The molecule has 18 heavy (non-hydrogen) atoms. The number of fused-ring (bicyclic) bond motifs is 1. The standard InChI is InChI=1S/C12H18N2O3S/c1-12(15)8-9-14(18(16,17)13(2)3)11-7-5-4-6-10(11)12/h4-7,15H,8-9H2,1-3H3. The van der Waals surface area contributed by atoms with Crippen molar-refractivity contribution in [2.24, 2.45) is 0 Å². The lowest BCUT2D eigenvalue weighted by Crippen LogP contribution is -2.46. The highest BCUT2D eigenvalue weighted by Crippen LogP contribution is 2.39. The van der Waals surface area contributed by atoms with Gasteiger partial charge in [-0.3, -0.25) is 4.31 Å². The molecule has 0 amide bonds. The maximum absolute atomic E-state index is 12.2. The topological polar surface area (TPSA) is 60.9 Å². The molecule has 1 heterocycles. The van der Waals surface area contributed by atoms with Crippen molar-refractivity contribution in [3.05, 3.63) is 29.8 Å². The summed E-state index contributed by atoms with van der Waals surface area (Å²) in [4.78, 5) is 0. The molecule has 1 atom stereocenters. The number of anilines is 1. The molecule has 1 aromatic carbocycles. The van der Waals surface area contributed by atoms with Crippen LogP contribution < -0.4 is 4.31 Å². The van der Waals surface area contributed by atoms with Crippen molar-refractivity contribution in [1.82, 2.24) is 4.31 Å². The van der Waals surface area contributed by atoms with Crippen molar-refractivity contribution in [3.8, 4) is 0 Å². The third-order valence-electron chi connectivity index (χ3n) is 3.29. The molecule has 1 aliphatic heterocycles. The van der Waals surface area contributed by atoms with Crippen LogP contribution in [0.15, 0.2) is 24.3 Å². The fourth-order valence-corrected chi connectivity index (χ4v) is 3.28. The van der Waals surface area contributed by atoms with E-state index in [1.807, 2.05) is 0 Å². The summed E-state index contributed by atoms with van der Waals surface area (Å²) in [6.07, 6.45) is 0.386. The van der Waals surface area contributed by atoms with E-state index in [9.17, 15) is 13.5 Å². The van der Waals surface area contributed by atoms with Gasteiger partial charge in [0.2, 0.25) is 0 Å². The number of aliphatic hydroxyl groups is 1. The van der Waals surface area contributed by atoms with E-state index in [0.717, 1.165) is 0 Å². The molecule has 0 saturated carbocycles. The van der Waals surface area contributed by atoms with Gasteiger partial charge in [0, 0.05) is 26.2 Å². The van der Waals surface area contributed by atoms with Crippen LogP contribution in [0.4, 0.5) is 5.69 Å². The van der Waals surface area contributed by atoms with E-state index >= 15 is 0 Å². The van der Waals surface area contributed by atoms with E-state index in [-0.39, 0.29) is 6.54 Å². The highest BCUT2D eigenvalue weighted by atomic mass is 32.2. The summed E-state index contributed by atoms with van der Waals surface area (Å²) in [6, 6.07) is 7.08. The van der Waals surface area contributed by atoms with E-state index in [1.165, 1.54) is 22.7 Å². The first-order valence-electron chi connectivity index (χ1n) is 5.79. The van der Waals surface area contributed by atoms with Gasteiger partial charge in [-0.05, 0) is 19.4 Å². The van der Waals surface area contributed by atoms with Crippen LogP contribution in [0.2, 0.25) is 0 Å². The number of rotatable bonds is 2. The van der Waals surface area contributed by atoms with E-state index in [1.54, 1.807) is 31.2 Å². The smallest absolute Gasteiger partial charge is 0.303 e. The third-order valence-corrected chi connectivity index (χ3v) is 5.15. The minimum Gasteiger partial charge on any atom is -0.385 e. The fourth-order valence-electron chi connectivity index (χ4n) is 2.16. The molecule has 0 saturated heterocycles. The maximum Gasteiger partial charge on any atom is 0.303 e. The Bertz CT molecular complexity index is 552. The van der Waals surface area contributed by atoms with Crippen molar-refractivity contribution < 1.29 is 13.5 Å². The van der Waals surface area contributed by atoms with Gasteiger partial charge in [-0.2, -0.15) is 12.7 Å². The van der Waals surface area contributed by atoms with Crippen LogP contribution in [-0.2, 0) is 15.8 Å². The van der Waals surface area contributed by atoms with Gasteiger partial charge in [-0.15, -0.1) is 0 Å². The Morgan fingerprint density at radius 1 is 1.33 bits per heavy atom. The van der Waals surface area contributed by atoms with Crippen molar-refractivity contribution in [3.63, 3.8) is 0 Å². The zero-order valence-corrected chi connectivity index (χ0v) is 11.6. The lowest BCUT2D eigenvalue weighted by atomic mass is 9.88. The molecular formula is C12H18N2O3S. The second-order valence-corrected chi connectivity index (χ2v) is 6.97. The lowest BCUT2D eigenvalue weighted by molar-refractivity contribution is 0.0471. The van der Waals surface area contributed by atoms with Crippen LogP contribution in [-0.4, -0.2) is 38.5 Å². The van der Waals surface area contributed by atoms with E-state index in [0.29, 0.717) is 17.7 Å². The Morgan fingerprint density at radius 3 is 2.56 bits per heavy atom. The highest BCUT2D eigenvalue weighted by molar-refractivity contribution is 7.90. The predicted molar refractivity (Wildman–Crippen MR) is 70.6 cm³/mol. The average molecular weight is 270 g/mol. The van der Waals surface area contributed by atoms with Crippen LogP contribution >= 0.6 is 0 Å². The van der Waals surface area contributed by atoms with Crippen LogP contribution in [0.1, 0.15) is 18.9 Å². The van der Waals surface area contributed by atoms with E-state index in [4.69, 9.17) is 0 Å². The largest absolute Gasteiger partial charge is 0.385 e. The molecule has 0 spiro atoms. The summed E-state index contributed by atoms with van der Waals surface area (Å²) < 4.78 is 27.0. The number of para-hydroxylation sites is 1. The summed E-state index contributed by atoms with van der Waals surface area (Å²) in [5, 5.41) is 10.3. The minimum atomic E-state index is -3.51. The normalized spacial score (nSPS) is 24.2. The van der Waals surface area contributed by atoms with Gasteiger partial charge < -0.3 is 5.11 Å². The molecule has 1 aromatic rings. The molecular weight excluding hydrogens is 252 g/mol. The molecule has 100 valence electrons. The zero-order valence-electron chi connectivity index (χ0n) is 10.8. The van der Waals surface area contributed by atoms with E-state index < -0.39 is 15.8 Å². The molecule has 2 rings (SSSR count). The van der Waals surface area contributed by atoms with Crippen LogP contribution in [0.25, 0.3) is 0 Å². The Hall–Kier alpha value is -1.11. The molecule has 0 fully saturated rings. The number of hydrogen-bond acceptors (Lipinski definition) is 3. The molecule has 0 radical (unpaired) electrons. The summed E-state index contributed by atoms with van der Waals surface area (Å²) in [6.45, 7) is 2.00. The predicted octanol–water partition coefficient (Wildman–Crippen LogP) is 0.911. The molecule has 6 heteroatoms. The fraction of sp³-hybridized carbons (Fsp3) is 0.500. The van der Waals surface area contributed by atoms with Crippen LogP contribution in [0.5, 0.6) is 0 Å². The molecule has 5 nitrogen and oxygen atoms in total. The summed E-state index contributed by atoms with van der Waals surface area (Å²) in [7, 11) is -0.499. The van der Waals surface area contributed by atoms with Crippen molar-refractivity contribution in [2.45, 2.75) is 18.9 Å². The van der Waals surface area contributed by atoms with Crippen LogP contribution in [0, 0.1) is 0 Å². The average Bonchev–Trinajstić information content (AvgIpc) is 2.28. The maximum atomic E-state index is 12.2. The van der Waals surface area contributed by atoms with Gasteiger partial charge >= 0.3 is 10.2 Å². The van der Waals surface area contributed by atoms with E-state index in [2.05, 4.69) is 0 Å². The second kappa shape index (κ2) is 4.22.